The topological polar surface area (TPSA) is 93.1 Å². The molecule has 126 valence electrons. The minimum atomic E-state index is -1.00. The van der Waals surface area contributed by atoms with Gasteiger partial charge in [-0.15, -0.1) is 0 Å². The quantitative estimate of drug-likeness (QED) is 0.733. The molecule has 0 radical (unpaired) electrons. The number of carboxylic acids is 2. The lowest BCUT2D eigenvalue weighted by molar-refractivity contribution is -0.140. The summed E-state index contributed by atoms with van der Waals surface area (Å²) in [7, 11) is 0. The highest BCUT2D eigenvalue weighted by atomic mass is 16.5. The molecule has 0 aliphatic rings. The lowest BCUT2D eigenvalue weighted by Gasteiger charge is -2.07. The summed E-state index contributed by atoms with van der Waals surface area (Å²) in [6, 6.07) is 14.6. The molecule has 2 rings (SSSR count). The van der Waals surface area contributed by atoms with E-state index in [4.69, 9.17) is 19.7 Å². The van der Waals surface area contributed by atoms with Crippen molar-refractivity contribution < 1.29 is 29.3 Å². The van der Waals surface area contributed by atoms with Crippen molar-refractivity contribution in [3.05, 3.63) is 59.7 Å². The van der Waals surface area contributed by atoms with E-state index in [1.807, 2.05) is 24.3 Å². The number of aliphatic carboxylic acids is 2. The Bertz CT molecular complexity index is 614. The zero-order chi connectivity index (χ0) is 17.4. The van der Waals surface area contributed by atoms with Gasteiger partial charge in [-0.1, -0.05) is 24.3 Å². The van der Waals surface area contributed by atoms with Crippen LogP contribution in [0.4, 0.5) is 0 Å². The molecule has 0 amide bonds. The first-order valence-corrected chi connectivity index (χ1v) is 7.40. The number of ether oxygens (including phenoxy) is 2. The van der Waals surface area contributed by atoms with Crippen LogP contribution >= 0.6 is 0 Å². The Labute approximate surface area is 139 Å². The summed E-state index contributed by atoms with van der Waals surface area (Å²) in [5.41, 5.74) is 2.23. The first-order chi connectivity index (χ1) is 11.5. The van der Waals surface area contributed by atoms with Crippen LogP contribution < -0.4 is 9.47 Å². The molecule has 6 heteroatoms. The van der Waals surface area contributed by atoms with Gasteiger partial charge in [-0.3, -0.25) is 0 Å². The zero-order valence-corrected chi connectivity index (χ0v) is 13.0. The van der Waals surface area contributed by atoms with Gasteiger partial charge in [0.15, 0.2) is 13.2 Å². The highest BCUT2D eigenvalue weighted by Crippen LogP contribution is 2.16. The van der Waals surface area contributed by atoms with Gasteiger partial charge < -0.3 is 19.7 Å². The van der Waals surface area contributed by atoms with Crippen LogP contribution in [-0.2, 0) is 22.4 Å². The van der Waals surface area contributed by atoms with Crippen LogP contribution in [0.25, 0.3) is 0 Å². The Balaban J connectivity index is 1.82. The average Bonchev–Trinajstić information content (AvgIpc) is 2.58. The molecule has 0 unspecified atom stereocenters. The van der Waals surface area contributed by atoms with Crippen molar-refractivity contribution in [2.75, 3.05) is 13.2 Å². The Morgan fingerprint density at radius 2 is 1.00 bits per heavy atom. The molecular formula is C18H18O6. The lowest BCUT2D eigenvalue weighted by Crippen LogP contribution is -2.09. The van der Waals surface area contributed by atoms with Gasteiger partial charge in [0, 0.05) is 0 Å². The maximum Gasteiger partial charge on any atom is 0.341 e. The minimum absolute atomic E-state index is 0.352. The number of hydrogen-bond acceptors (Lipinski definition) is 4. The SMILES string of the molecule is O=C(O)COc1ccc(CCc2ccc(OCC(=O)O)cc2)cc1. The van der Waals surface area contributed by atoms with E-state index in [2.05, 4.69) is 0 Å². The Hall–Kier alpha value is -3.02. The molecule has 0 saturated carbocycles. The third kappa shape index (κ3) is 6.00. The average molecular weight is 330 g/mol. The van der Waals surface area contributed by atoms with E-state index in [0.717, 1.165) is 24.0 Å². The van der Waals surface area contributed by atoms with E-state index < -0.39 is 11.9 Å². The fourth-order valence-corrected chi connectivity index (χ4v) is 2.08. The van der Waals surface area contributed by atoms with E-state index >= 15 is 0 Å². The van der Waals surface area contributed by atoms with Gasteiger partial charge in [0.2, 0.25) is 0 Å². The molecule has 0 saturated heterocycles. The van der Waals surface area contributed by atoms with Gasteiger partial charge in [0.05, 0.1) is 0 Å². The van der Waals surface area contributed by atoms with E-state index in [-0.39, 0.29) is 13.2 Å². The molecule has 0 aliphatic carbocycles. The van der Waals surface area contributed by atoms with Crippen LogP contribution in [0.1, 0.15) is 11.1 Å². The number of rotatable bonds is 9. The van der Waals surface area contributed by atoms with Crippen LogP contribution in [-0.4, -0.2) is 35.4 Å². The predicted octanol–water partition coefficient (Wildman–Crippen LogP) is 2.40. The number of benzene rings is 2. The largest absolute Gasteiger partial charge is 0.482 e. The molecule has 24 heavy (non-hydrogen) atoms. The zero-order valence-electron chi connectivity index (χ0n) is 13.0. The van der Waals surface area contributed by atoms with Crippen molar-refractivity contribution in [1.82, 2.24) is 0 Å². The van der Waals surface area contributed by atoms with Crippen LogP contribution in [0.3, 0.4) is 0 Å². The second kappa shape index (κ2) is 8.57. The summed E-state index contributed by atoms with van der Waals surface area (Å²) in [4.78, 5) is 20.9. The van der Waals surface area contributed by atoms with E-state index in [0.29, 0.717) is 11.5 Å². The van der Waals surface area contributed by atoms with Gasteiger partial charge in [-0.25, -0.2) is 9.59 Å². The summed E-state index contributed by atoms with van der Waals surface area (Å²) in [6.07, 6.45) is 1.66. The highest BCUT2D eigenvalue weighted by Gasteiger charge is 2.02. The van der Waals surface area contributed by atoms with Gasteiger partial charge in [-0.2, -0.15) is 0 Å². The van der Waals surface area contributed by atoms with Gasteiger partial charge in [-0.05, 0) is 48.2 Å². The first-order valence-electron chi connectivity index (χ1n) is 7.40. The number of carboxylic acid groups (broad SMARTS) is 2. The van der Waals surface area contributed by atoms with E-state index in [1.165, 1.54) is 0 Å². The van der Waals surface area contributed by atoms with Crippen LogP contribution in [0.5, 0.6) is 11.5 Å². The molecule has 0 aliphatic heterocycles. The Morgan fingerprint density at radius 1 is 0.667 bits per heavy atom. The van der Waals surface area contributed by atoms with Crippen molar-refractivity contribution in [2.45, 2.75) is 12.8 Å². The molecule has 2 N–H and O–H groups in total. The predicted molar refractivity (Wildman–Crippen MR) is 86.6 cm³/mol. The summed E-state index contributed by atoms with van der Waals surface area (Å²) in [5, 5.41) is 17.1. The van der Waals surface area contributed by atoms with Crippen LogP contribution in [0.15, 0.2) is 48.5 Å². The fourth-order valence-electron chi connectivity index (χ4n) is 2.08. The van der Waals surface area contributed by atoms with Crippen molar-refractivity contribution in [2.24, 2.45) is 0 Å². The monoisotopic (exact) mass is 330 g/mol. The number of aryl methyl sites for hydroxylation is 2. The minimum Gasteiger partial charge on any atom is -0.482 e. The molecule has 0 bridgehead atoms. The molecular weight excluding hydrogens is 312 g/mol. The maximum absolute atomic E-state index is 10.4. The highest BCUT2D eigenvalue weighted by molar-refractivity contribution is 5.68. The van der Waals surface area contributed by atoms with Gasteiger partial charge in [0.1, 0.15) is 11.5 Å². The second-order valence-electron chi connectivity index (χ2n) is 5.15. The van der Waals surface area contributed by atoms with Crippen molar-refractivity contribution in [3.63, 3.8) is 0 Å². The second-order valence-corrected chi connectivity index (χ2v) is 5.15. The number of carbonyl (C=O) groups is 2. The molecule has 0 spiro atoms. The Morgan fingerprint density at radius 3 is 1.29 bits per heavy atom. The summed E-state index contributed by atoms with van der Waals surface area (Å²) in [5.74, 6) is -0.952. The Kier molecular flexibility index (Phi) is 6.19. The summed E-state index contributed by atoms with van der Waals surface area (Å²) < 4.78 is 10.2. The fraction of sp³-hybridized carbons (Fsp3) is 0.222. The molecule has 2 aromatic carbocycles. The van der Waals surface area contributed by atoms with Crippen molar-refractivity contribution >= 4 is 11.9 Å². The molecule has 0 heterocycles. The van der Waals surface area contributed by atoms with Gasteiger partial charge in [0.25, 0.3) is 0 Å². The van der Waals surface area contributed by atoms with Crippen molar-refractivity contribution in [1.29, 1.82) is 0 Å². The van der Waals surface area contributed by atoms with Gasteiger partial charge >= 0.3 is 11.9 Å². The first kappa shape index (κ1) is 17.3. The standard InChI is InChI=1S/C18H18O6/c19-17(20)11-23-15-7-3-13(4-8-15)1-2-14-5-9-16(10-6-14)24-12-18(21)22/h3-10H,1-2,11-12H2,(H,19,20)(H,21,22). The van der Waals surface area contributed by atoms with E-state index in [1.54, 1.807) is 24.3 Å². The molecule has 2 aromatic rings. The molecule has 0 fully saturated rings. The molecule has 0 atom stereocenters. The summed E-state index contributed by atoms with van der Waals surface area (Å²) in [6.45, 7) is -0.703. The van der Waals surface area contributed by atoms with Crippen LogP contribution in [0.2, 0.25) is 0 Å². The molecule has 0 aromatic heterocycles. The lowest BCUT2D eigenvalue weighted by atomic mass is 10.0. The summed E-state index contributed by atoms with van der Waals surface area (Å²) >= 11 is 0. The van der Waals surface area contributed by atoms with E-state index in [9.17, 15) is 9.59 Å². The van der Waals surface area contributed by atoms with Crippen molar-refractivity contribution in [3.8, 4) is 11.5 Å². The number of hydrogen-bond donors (Lipinski definition) is 2. The molecule has 6 nitrogen and oxygen atoms in total. The maximum atomic E-state index is 10.4. The van der Waals surface area contributed by atoms with Crippen LogP contribution in [0, 0.1) is 0 Å². The third-order valence-electron chi connectivity index (χ3n) is 3.27. The third-order valence-corrected chi connectivity index (χ3v) is 3.27. The smallest absolute Gasteiger partial charge is 0.341 e. The normalized spacial score (nSPS) is 10.2.